The fourth-order valence-electron chi connectivity index (χ4n) is 6.89. The zero-order valence-electron chi connectivity index (χ0n) is 22.1. The number of fused-ring (bicyclic) bond motifs is 4. The van der Waals surface area contributed by atoms with Crippen LogP contribution in [0.4, 0.5) is 0 Å². The average Bonchev–Trinajstić information content (AvgIpc) is 3.29. The van der Waals surface area contributed by atoms with Crippen molar-refractivity contribution in [3.8, 4) is 5.75 Å². The minimum Gasteiger partial charge on any atom is -0.487 e. The molecule has 200 valence electrons. The number of aryl methyl sites for hydroxylation is 1. The molecule has 0 radical (unpaired) electrons. The second kappa shape index (κ2) is 9.45. The van der Waals surface area contributed by atoms with Crippen LogP contribution in [-0.2, 0) is 20.7 Å². The summed E-state index contributed by atoms with van der Waals surface area (Å²) in [5.41, 5.74) is 3.06. The molecule has 0 saturated carbocycles. The van der Waals surface area contributed by atoms with E-state index in [9.17, 15) is 14.7 Å². The summed E-state index contributed by atoms with van der Waals surface area (Å²) in [4.78, 5) is 27.0. The number of piperidine rings is 1. The van der Waals surface area contributed by atoms with Crippen LogP contribution in [0.15, 0.2) is 53.1 Å². The van der Waals surface area contributed by atoms with E-state index in [1.54, 1.807) is 6.26 Å². The summed E-state index contributed by atoms with van der Waals surface area (Å²) < 4.78 is 18.9. The Kier molecular flexibility index (Phi) is 6.22. The van der Waals surface area contributed by atoms with Gasteiger partial charge in [0.1, 0.15) is 16.9 Å². The van der Waals surface area contributed by atoms with E-state index in [0.717, 1.165) is 59.2 Å². The van der Waals surface area contributed by atoms with Crippen LogP contribution in [0.1, 0.15) is 61.8 Å². The van der Waals surface area contributed by atoms with E-state index in [2.05, 4.69) is 6.07 Å². The summed E-state index contributed by atoms with van der Waals surface area (Å²) in [7, 11) is 0. The molecule has 1 amide bonds. The maximum absolute atomic E-state index is 13.5. The molecule has 4 heterocycles. The molecule has 3 aliphatic heterocycles. The number of aliphatic carboxylic acids is 1. The van der Waals surface area contributed by atoms with Gasteiger partial charge in [0.05, 0.1) is 25.4 Å². The van der Waals surface area contributed by atoms with E-state index in [1.165, 1.54) is 0 Å². The van der Waals surface area contributed by atoms with E-state index in [1.807, 2.05) is 55.1 Å². The number of likely N-dealkylation sites (tertiary alicyclic amines) is 1. The van der Waals surface area contributed by atoms with Crippen molar-refractivity contribution in [1.82, 2.24) is 4.90 Å². The van der Waals surface area contributed by atoms with Crippen LogP contribution in [-0.4, -0.2) is 47.2 Å². The number of carboxylic acid groups (broad SMARTS) is 1. The van der Waals surface area contributed by atoms with Gasteiger partial charge in [-0.3, -0.25) is 9.59 Å². The number of amides is 1. The average molecular weight is 518 g/mol. The van der Waals surface area contributed by atoms with Gasteiger partial charge in [-0.25, -0.2) is 0 Å². The topological polar surface area (TPSA) is 89.2 Å². The first-order valence-corrected chi connectivity index (χ1v) is 13.6. The summed E-state index contributed by atoms with van der Waals surface area (Å²) in [5, 5.41) is 10.4. The van der Waals surface area contributed by atoms with Gasteiger partial charge >= 0.3 is 5.97 Å². The third kappa shape index (κ3) is 4.47. The highest BCUT2D eigenvalue weighted by molar-refractivity contribution is 5.88. The van der Waals surface area contributed by atoms with Crippen LogP contribution in [0.5, 0.6) is 5.75 Å². The molecule has 1 aromatic heterocycles. The molecular weight excluding hydrogens is 482 g/mol. The third-order valence-corrected chi connectivity index (χ3v) is 8.94. The highest BCUT2D eigenvalue weighted by Gasteiger charge is 2.54. The number of rotatable bonds is 5. The molecule has 0 bridgehead atoms. The smallest absolute Gasteiger partial charge is 0.303 e. The van der Waals surface area contributed by atoms with E-state index < -0.39 is 11.6 Å². The zero-order valence-corrected chi connectivity index (χ0v) is 22.1. The quantitative estimate of drug-likeness (QED) is 0.468. The Bertz CT molecular complexity index is 1380. The van der Waals surface area contributed by atoms with Gasteiger partial charge in [0.2, 0.25) is 5.91 Å². The maximum atomic E-state index is 13.5. The van der Waals surface area contributed by atoms with Gasteiger partial charge in [-0.15, -0.1) is 0 Å². The fraction of sp³-hybridized carbons (Fsp3) is 0.484. The summed E-state index contributed by atoms with van der Waals surface area (Å²) in [6, 6.07) is 14.0. The van der Waals surface area contributed by atoms with E-state index >= 15 is 0 Å². The lowest BCUT2D eigenvalue weighted by molar-refractivity contribution is -0.185. The molecular formula is C31H35NO6. The Morgan fingerprint density at radius 2 is 2.03 bits per heavy atom. The normalized spacial score (nSPS) is 28.5. The van der Waals surface area contributed by atoms with Crippen molar-refractivity contribution >= 4 is 22.8 Å². The summed E-state index contributed by atoms with van der Waals surface area (Å²) in [6.45, 7) is 6.01. The number of nitrogens with zero attached hydrogens (tertiary/aromatic N) is 1. The van der Waals surface area contributed by atoms with Gasteiger partial charge in [-0.1, -0.05) is 30.3 Å². The molecule has 3 aliphatic rings. The summed E-state index contributed by atoms with van der Waals surface area (Å²) in [5.74, 6) is 0.0589. The molecule has 2 fully saturated rings. The van der Waals surface area contributed by atoms with Crippen molar-refractivity contribution in [3.63, 3.8) is 0 Å². The van der Waals surface area contributed by atoms with Crippen LogP contribution in [0.2, 0.25) is 0 Å². The number of carboxylic acids is 1. The van der Waals surface area contributed by atoms with Crippen LogP contribution in [0, 0.1) is 18.3 Å². The number of ether oxygens (including phenoxy) is 2. The summed E-state index contributed by atoms with van der Waals surface area (Å²) in [6.07, 6.45) is 5.05. The Morgan fingerprint density at radius 1 is 1.18 bits per heavy atom. The van der Waals surface area contributed by atoms with Gasteiger partial charge in [0, 0.05) is 47.4 Å². The van der Waals surface area contributed by atoms with Gasteiger partial charge < -0.3 is 23.9 Å². The standard InChI is InChI=1S/C31H35NO6/c1-20-8-9-22-21(17-36-26(22)14-20)15-27(33)32-13-5-11-31(18-32)16-24-29(37-19-31)23-6-3-4-7-25(23)38-30(24,2)12-10-28(34)35/h3-4,6-9,14,17,24,29H,5,10-13,15-16,18-19H2,1-2H3,(H,34,35)/t24-,29+,30-,31-/m1/s1. The Labute approximate surface area is 222 Å². The molecule has 1 spiro atoms. The Morgan fingerprint density at radius 3 is 2.87 bits per heavy atom. The first-order chi connectivity index (χ1) is 18.3. The lowest BCUT2D eigenvalue weighted by Gasteiger charge is -2.55. The second-order valence-corrected chi connectivity index (χ2v) is 11.7. The molecule has 0 aliphatic carbocycles. The van der Waals surface area contributed by atoms with E-state index in [0.29, 0.717) is 26.0 Å². The molecule has 7 nitrogen and oxygen atoms in total. The number of para-hydroxylation sites is 1. The minimum absolute atomic E-state index is 0.00149. The SMILES string of the molecule is Cc1ccc2c(CC(=O)N3CCC[C@]4(CO[C@H]5c6ccccc6O[C@](C)(CCC(=O)O)[C@@H]5C4)C3)coc2c1. The number of furan rings is 1. The fourth-order valence-corrected chi connectivity index (χ4v) is 6.89. The molecule has 2 saturated heterocycles. The molecule has 2 aromatic carbocycles. The molecule has 0 unspecified atom stereocenters. The van der Waals surface area contributed by atoms with Gasteiger partial charge in [-0.2, -0.15) is 0 Å². The van der Waals surface area contributed by atoms with Gasteiger partial charge in [0.25, 0.3) is 0 Å². The van der Waals surface area contributed by atoms with Crippen molar-refractivity contribution in [2.45, 2.75) is 64.1 Å². The van der Waals surface area contributed by atoms with Crippen molar-refractivity contribution in [2.24, 2.45) is 11.3 Å². The molecule has 38 heavy (non-hydrogen) atoms. The largest absolute Gasteiger partial charge is 0.487 e. The van der Waals surface area contributed by atoms with Crippen LogP contribution < -0.4 is 4.74 Å². The predicted octanol–water partition coefficient (Wildman–Crippen LogP) is 5.69. The van der Waals surface area contributed by atoms with Crippen molar-refractivity contribution < 1.29 is 28.6 Å². The van der Waals surface area contributed by atoms with Gasteiger partial charge in [0.15, 0.2) is 0 Å². The van der Waals surface area contributed by atoms with Crippen molar-refractivity contribution in [1.29, 1.82) is 0 Å². The third-order valence-electron chi connectivity index (χ3n) is 8.94. The lowest BCUT2D eigenvalue weighted by Crippen LogP contribution is -2.57. The number of carbonyl (C=O) groups is 2. The molecule has 1 N–H and O–H groups in total. The first-order valence-electron chi connectivity index (χ1n) is 13.6. The number of hydrogen-bond donors (Lipinski definition) is 1. The number of carbonyl (C=O) groups excluding carboxylic acids is 1. The lowest BCUT2D eigenvalue weighted by atomic mass is 9.64. The summed E-state index contributed by atoms with van der Waals surface area (Å²) >= 11 is 0. The maximum Gasteiger partial charge on any atom is 0.303 e. The van der Waals surface area contributed by atoms with Crippen molar-refractivity contribution in [2.75, 3.05) is 19.7 Å². The Hall–Kier alpha value is -3.32. The van der Waals surface area contributed by atoms with Crippen LogP contribution >= 0.6 is 0 Å². The van der Waals surface area contributed by atoms with Crippen LogP contribution in [0.3, 0.4) is 0 Å². The first kappa shape index (κ1) is 25.0. The highest BCUT2D eigenvalue weighted by Crippen LogP contribution is 2.56. The zero-order chi connectivity index (χ0) is 26.5. The Balaban J connectivity index is 1.23. The van der Waals surface area contributed by atoms with E-state index in [-0.39, 0.29) is 29.8 Å². The molecule has 6 rings (SSSR count). The predicted molar refractivity (Wildman–Crippen MR) is 142 cm³/mol. The highest BCUT2D eigenvalue weighted by atomic mass is 16.5. The minimum atomic E-state index is -0.826. The van der Waals surface area contributed by atoms with Gasteiger partial charge in [-0.05, 0) is 57.2 Å². The second-order valence-electron chi connectivity index (χ2n) is 11.7. The molecule has 3 aromatic rings. The molecule has 7 heteroatoms. The van der Waals surface area contributed by atoms with E-state index in [4.69, 9.17) is 13.9 Å². The molecule has 4 atom stereocenters. The number of benzene rings is 2. The monoisotopic (exact) mass is 517 g/mol. The number of hydrogen-bond acceptors (Lipinski definition) is 5. The van der Waals surface area contributed by atoms with Crippen molar-refractivity contribution in [3.05, 3.63) is 65.4 Å². The van der Waals surface area contributed by atoms with Crippen LogP contribution in [0.25, 0.3) is 11.0 Å².